The van der Waals surface area contributed by atoms with Crippen LogP contribution in [0.3, 0.4) is 0 Å². The van der Waals surface area contributed by atoms with Crippen molar-refractivity contribution in [3.05, 3.63) is 21.3 Å². The summed E-state index contributed by atoms with van der Waals surface area (Å²) in [6.07, 6.45) is 1.33. The van der Waals surface area contributed by atoms with Crippen LogP contribution in [0.15, 0.2) is 12.1 Å². The topological polar surface area (TPSA) is 38.8 Å². The SMILES string of the molecule is CC1OCCC12CN(C(=O)Cc1ccc(Cl)s1)CCO2. The van der Waals surface area contributed by atoms with Gasteiger partial charge in [0.2, 0.25) is 5.91 Å². The van der Waals surface area contributed by atoms with Crippen LogP contribution in [-0.2, 0) is 20.7 Å². The number of carbonyl (C=O) groups excluding carboxylic acids is 1. The fraction of sp³-hybridized carbons (Fsp3) is 0.643. The van der Waals surface area contributed by atoms with Gasteiger partial charge in [-0.1, -0.05) is 11.6 Å². The first-order valence-electron chi connectivity index (χ1n) is 6.87. The van der Waals surface area contributed by atoms with Gasteiger partial charge in [0.15, 0.2) is 0 Å². The molecule has 0 N–H and O–H groups in total. The standard InChI is InChI=1S/C14H18ClNO3S/c1-10-14(4-6-18-10)9-16(5-7-19-14)13(17)8-11-2-3-12(15)20-11/h2-3,10H,4-9H2,1H3. The highest BCUT2D eigenvalue weighted by Crippen LogP contribution is 2.33. The van der Waals surface area contributed by atoms with Crippen LogP contribution in [-0.4, -0.2) is 48.8 Å². The average molecular weight is 316 g/mol. The fourth-order valence-electron chi connectivity index (χ4n) is 2.89. The van der Waals surface area contributed by atoms with E-state index in [4.69, 9.17) is 21.1 Å². The molecule has 3 heterocycles. The molecular weight excluding hydrogens is 298 g/mol. The van der Waals surface area contributed by atoms with Crippen molar-refractivity contribution in [2.24, 2.45) is 0 Å². The largest absolute Gasteiger partial charge is 0.375 e. The molecule has 0 aliphatic carbocycles. The van der Waals surface area contributed by atoms with Crippen LogP contribution in [0, 0.1) is 0 Å². The van der Waals surface area contributed by atoms with Gasteiger partial charge >= 0.3 is 0 Å². The van der Waals surface area contributed by atoms with Gasteiger partial charge in [-0.05, 0) is 19.1 Å². The first-order chi connectivity index (χ1) is 9.59. The molecule has 6 heteroatoms. The van der Waals surface area contributed by atoms with Gasteiger partial charge in [-0.25, -0.2) is 0 Å². The number of hydrogen-bond donors (Lipinski definition) is 0. The molecule has 4 nitrogen and oxygen atoms in total. The van der Waals surface area contributed by atoms with E-state index in [0.717, 1.165) is 15.6 Å². The summed E-state index contributed by atoms with van der Waals surface area (Å²) in [6.45, 7) is 4.62. The molecule has 2 unspecified atom stereocenters. The van der Waals surface area contributed by atoms with Crippen LogP contribution < -0.4 is 0 Å². The normalized spacial score (nSPS) is 30.1. The Kier molecular flexibility index (Phi) is 4.04. The summed E-state index contributed by atoms with van der Waals surface area (Å²) in [5, 5.41) is 0. The van der Waals surface area contributed by atoms with Crippen molar-refractivity contribution in [3.63, 3.8) is 0 Å². The van der Waals surface area contributed by atoms with Crippen molar-refractivity contribution in [1.82, 2.24) is 4.90 Å². The molecule has 0 bridgehead atoms. The number of nitrogens with zero attached hydrogens (tertiary/aromatic N) is 1. The van der Waals surface area contributed by atoms with E-state index in [1.807, 2.05) is 24.0 Å². The van der Waals surface area contributed by atoms with Gasteiger partial charge in [0.25, 0.3) is 0 Å². The Bertz CT molecular complexity index is 506. The molecule has 0 aromatic carbocycles. The number of morpholine rings is 1. The van der Waals surface area contributed by atoms with E-state index in [-0.39, 0.29) is 17.6 Å². The summed E-state index contributed by atoms with van der Waals surface area (Å²) in [6, 6.07) is 3.75. The number of halogens is 1. The van der Waals surface area contributed by atoms with E-state index >= 15 is 0 Å². The van der Waals surface area contributed by atoms with Crippen LogP contribution in [0.2, 0.25) is 4.34 Å². The molecule has 3 rings (SSSR count). The molecule has 2 aliphatic rings. The molecule has 2 fully saturated rings. The Morgan fingerprint density at radius 1 is 1.55 bits per heavy atom. The number of carbonyl (C=O) groups is 1. The monoisotopic (exact) mass is 315 g/mol. The Morgan fingerprint density at radius 3 is 3.05 bits per heavy atom. The maximum absolute atomic E-state index is 12.4. The molecule has 0 radical (unpaired) electrons. The molecule has 1 aromatic rings. The summed E-state index contributed by atoms with van der Waals surface area (Å²) in [4.78, 5) is 15.3. The minimum Gasteiger partial charge on any atom is -0.375 e. The highest BCUT2D eigenvalue weighted by atomic mass is 35.5. The van der Waals surface area contributed by atoms with Crippen LogP contribution in [0.25, 0.3) is 0 Å². The maximum Gasteiger partial charge on any atom is 0.228 e. The summed E-state index contributed by atoms with van der Waals surface area (Å²) in [5.74, 6) is 0.144. The number of hydrogen-bond acceptors (Lipinski definition) is 4. The van der Waals surface area contributed by atoms with Crippen molar-refractivity contribution < 1.29 is 14.3 Å². The van der Waals surface area contributed by atoms with E-state index in [9.17, 15) is 4.79 Å². The van der Waals surface area contributed by atoms with E-state index in [0.29, 0.717) is 32.7 Å². The van der Waals surface area contributed by atoms with Crippen molar-refractivity contribution in [2.75, 3.05) is 26.3 Å². The quantitative estimate of drug-likeness (QED) is 0.841. The lowest BCUT2D eigenvalue weighted by Gasteiger charge is -2.42. The van der Waals surface area contributed by atoms with Crippen molar-refractivity contribution >= 4 is 28.8 Å². The Balaban J connectivity index is 1.66. The zero-order chi connectivity index (χ0) is 14.2. The van der Waals surface area contributed by atoms with Crippen LogP contribution in [0.4, 0.5) is 0 Å². The first kappa shape index (κ1) is 14.3. The predicted molar refractivity (Wildman–Crippen MR) is 78.3 cm³/mol. The first-order valence-corrected chi connectivity index (χ1v) is 8.06. The lowest BCUT2D eigenvalue weighted by Crippen LogP contribution is -2.57. The average Bonchev–Trinajstić information content (AvgIpc) is 2.98. The zero-order valence-electron chi connectivity index (χ0n) is 11.4. The molecule has 1 amide bonds. The molecule has 2 saturated heterocycles. The van der Waals surface area contributed by atoms with Gasteiger partial charge in [-0.2, -0.15) is 0 Å². The van der Waals surface area contributed by atoms with Crippen LogP contribution in [0.5, 0.6) is 0 Å². The molecule has 110 valence electrons. The van der Waals surface area contributed by atoms with Gasteiger partial charge in [-0.3, -0.25) is 4.79 Å². The second-order valence-electron chi connectivity index (χ2n) is 5.37. The smallest absolute Gasteiger partial charge is 0.228 e. The van der Waals surface area contributed by atoms with Gasteiger partial charge in [0.1, 0.15) is 5.60 Å². The van der Waals surface area contributed by atoms with Crippen LogP contribution in [0.1, 0.15) is 18.2 Å². The number of rotatable bonds is 2. The molecule has 2 atom stereocenters. The lowest BCUT2D eigenvalue weighted by atomic mass is 9.94. The maximum atomic E-state index is 12.4. The highest BCUT2D eigenvalue weighted by Gasteiger charge is 2.46. The summed E-state index contributed by atoms with van der Waals surface area (Å²) >= 11 is 7.37. The summed E-state index contributed by atoms with van der Waals surface area (Å²) in [7, 11) is 0. The predicted octanol–water partition coefficient (Wildman–Crippen LogP) is 2.35. The van der Waals surface area contributed by atoms with Crippen molar-refractivity contribution in [3.8, 4) is 0 Å². The van der Waals surface area contributed by atoms with Gasteiger partial charge in [-0.15, -0.1) is 11.3 Å². The molecule has 1 aromatic heterocycles. The second kappa shape index (κ2) is 5.64. The van der Waals surface area contributed by atoms with E-state index in [2.05, 4.69) is 0 Å². The van der Waals surface area contributed by atoms with Gasteiger partial charge in [0, 0.05) is 24.4 Å². The molecule has 1 spiro atoms. The molecule has 0 saturated carbocycles. The van der Waals surface area contributed by atoms with Gasteiger partial charge < -0.3 is 14.4 Å². The summed E-state index contributed by atoms with van der Waals surface area (Å²) < 4.78 is 12.3. The summed E-state index contributed by atoms with van der Waals surface area (Å²) in [5.41, 5.74) is -0.305. The fourth-order valence-corrected chi connectivity index (χ4v) is 3.97. The Labute approximate surface area is 127 Å². The third-order valence-corrected chi connectivity index (χ3v) is 5.38. The van der Waals surface area contributed by atoms with E-state index < -0.39 is 0 Å². The number of ether oxygens (including phenoxy) is 2. The minimum atomic E-state index is -0.305. The minimum absolute atomic E-state index is 0.0503. The van der Waals surface area contributed by atoms with Crippen molar-refractivity contribution in [2.45, 2.75) is 31.5 Å². The van der Waals surface area contributed by atoms with Crippen molar-refractivity contribution in [1.29, 1.82) is 0 Å². The zero-order valence-corrected chi connectivity index (χ0v) is 13.0. The van der Waals surface area contributed by atoms with Gasteiger partial charge in [0.05, 0.1) is 30.0 Å². The number of amides is 1. The third-order valence-electron chi connectivity index (χ3n) is 4.15. The lowest BCUT2D eigenvalue weighted by molar-refractivity contribution is -0.158. The molecule has 20 heavy (non-hydrogen) atoms. The Morgan fingerprint density at radius 2 is 2.40 bits per heavy atom. The molecule has 2 aliphatic heterocycles. The Hall–Kier alpha value is -0.620. The highest BCUT2D eigenvalue weighted by molar-refractivity contribution is 7.16. The van der Waals surface area contributed by atoms with E-state index in [1.54, 1.807) is 0 Å². The number of thiophene rings is 1. The second-order valence-corrected chi connectivity index (χ2v) is 7.17. The van der Waals surface area contributed by atoms with E-state index in [1.165, 1.54) is 11.3 Å². The molecular formula is C14H18ClNO3S. The third kappa shape index (κ3) is 2.72. The van der Waals surface area contributed by atoms with Crippen LogP contribution >= 0.6 is 22.9 Å².